The van der Waals surface area contributed by atoms with E-state index < -0.39 is 5.54 Å². The highest BCUT2D eigenvalue weighted by Crippen LogP contribution is 2.38. The third-order valence-corrected chi connectivity index (χ3v) is 7.43. The molecule has 0 bridgehead atoms. The number of hydrogen-bond donors (Lipinski definition) is 0. The van der Waals surface area contributed by atoms with E-state index in [0.29, 0.717) is 38.5 Å². The molecule has 1 aromatic rings. The van der Waals surface area contributed by atoms with Gasteiger partial charge in [0.1, 0.15) is 11.3 Å². The summed E-state index contributed by atoms with van der Waals surface area (Å²) in [6.45, 7) is 4.22. The van der Waals surface area contributed by atoms with Crippen LogP contribution in [-0.4, -0.2) is 79.2 Å². The SMILES string of the molecule is COCCCN1C(=O)N(Cc2ccc(OC)cc2)C(=O)C12CCN(C[C@@H]1CC=CCC1)CC2. The van der Waals surface area contributed by atoms with Gasteiger partial charge in [0.25, 0.3) is 5.91 Å². The maximum Gasteiger partial charge on any atom is 0.327 e. The number of carbonyl (C=O) groups is 2. The number of likely N-dealkylation sites (tertiary alicyclic amines) is 1. The number of methoxy groups -OCH3 is 2. The van der Waals surface area contributed by atoms with Gasteiger partial charge in [0.15, 0.2) is 0 Å². The minimum atomic E-state index is -0.722. The first-order valence-corrected chi connectivity index (χ1v) is 12.2. The van der Waals surface area contributed by atoms with E-state index in [0.717, 1.165) is 43.8 Å². The first kappa shape index (κ1) is 23.8. The fraction of sp³-hybridized carbons (Fsp3) is 0.615. The summed E-state index contributed by atoms with van der Waals surface area (Å²) in [5, 5.41) is 0. The Bertz CT molecular complexity index is 846. The summed E-state index contributed by atoms with van der Waals surface area (Å²) in [5.41, 5.74) is 0.203. The highest BCUT2D eigenvalue weighted by atomic mass is 16.5. The lowest BCUT2D eigenvalue weighted by Crippen LogP contribution is -2.57. The van der Waals surface area contributed by atoms with E-state index >= 15 is 0 Å². The van der Waals surface area contributed by atoms with Gasteiger partial charge in [-0.25, -0.2) is 4.79 Å². The van der Waals surface area contributed by atoms with Crippen LogP contribution in [0.5, 0.6) is 5.75 Å². The van der Waals surface area contributed by atoms with E-state index in [4.69, 9.17) is 9.47 Å². The maximum atomic E-state index is 13.7. The van der Waals surface area contributed by atoms with Crippen LogP contribution < -0.4 is 4.74 Å². The molecule has 2 aliphatic heterocycles. The molecule has 0 N–H and O–H groups in total. The van der Waals surface area contributed by atoms with Gasteiger partial charge in [-0.2, -0.15) is 0 Å². The number of urea groups is 1. The van der Waals surface area contributed by atoms with Crippen molar-refractivity contribution in [3.05, 3.63) is 42.0 Å². The molecule has 2 heterocycles. The fourth-order valence-corrected chi connectivity index (χ4v) is 5.49. The number of imide groups is 1. The molecular weight excluding hydrogens is 418 g/mol. The molecule has 0 unspecified atom stereocenters. The van der Waals surface area contributed by atoms with E-state index in [2.05, 4.69) is 17.1 Å². The average Bonchev–Trinajstić information content (AvgIpc) is 3.03. The number of rotatable bonds is 9. The van der Waals surface area contributed by atoms with Gasteiger partial charge in [-0.3, -0.25) is 9.69 Å². The van der Waals surface area contributed by atoms with E-state index in [9.17, 15) is 9.59 Å². The Labute approximate surface area is 197 Å². The van der Waals surface area contributed by atoms with Crippen molar-refractivity contribution in [1.29, 1.82) is 0 Å². The number of benzene rings is 1. The molecule has 33 heavy (non-hydrogen) atoms. The van der Waals surface area contributed by atoms with Crippen molar-refractivity contribution in [2.45, 2.75) is 50.6 Å². The van der Waals surface area contributed by atoms with Crippen molar-refractivity contribution >= 4 is 11.9 Å². The van der Waals surface area contributed by atoms with Crippen molar-refractivity contribution in [2.24, 2.45) is 5.92 Å². The minimum absolute atomic E-state index is 0.0408. The molecule has 7 heteroatoms. The second-order valence-electron chi connectivity index (χ2n) is 9.50. The van der Waals surface area contributed by atoms with Crippen LogP contribution in [0.2, 0.25) is 0 Å². The minimum Gasteiger partial charge on any atom is -0.497 e. The number of ether oxygens (including phenoxy) is 2. The van der Waals surface area contributed by atoms with E-state index in [-0.39, 0.29) is 11.9 Å². The average molecular weight is 456 g/mol. The zero-order chi connectivity index (χ0) is 23.3. The van der Waals surface area contributed by atoms with Crippen molar-refractivity contribution < 1.29 is 19.1 Å². The Hall–Kier alpha value is -2.38. The van der Waals surface area contributed by atoms with Crippen molar-refractivity contribution in [2.75, 3.05) is 47.0 Å². The standard InChI is InChI=1S/C26H37N3O4/c1-32-18-6-15-29-25(31)28(20-22-9-11-23(33-2)12-10-22)24(30)26(29)13-16-27(17-14-26)19-21-7-4-3-5-8-21/h3-4,9-12,21H,5-8,13-20H2,1-2H3/t21-/m1/s1. The third kappa shape index (κ3) is 5.09. The molecular formula is C26H37N3O4. The topological polar surface area (TPSA) is 62.3 Å². The molecule has 4 rings (SSSR count). The van der Waals surface area contributed by atoms with Crippen LogP contribution in [0.3, 0.4) is 0 Å². The number of carbonyl (C=O) groups excluding carboxylic acids is 2. The monoisotopic (exact) mass is 455 g/mol. The Balaban J connectivity index is 1.47. The van der Waals surface area contributed by atoms with Gasteiger partial charge in [0.2, 0.25) is 0 Å². The fourth-order valence-electron chi connectivity index (χ4n) is 5.49. The second-order valence-corrected chi connectivity index (χ2v) is 9.50. The van der Waals surface area contributed by atoms with Crippen molar-refractivity contribution in [3.63, 3.8) is 0 Å². The number of nitrogens with zero attached hydrogens (tertiary/aromatic N) is 3. The molecule has 7 nitrogen and oxygen atoms in total. The van der Waals surface area contributed by atoms with Gasteiger partial charge < -0.3 is 19.3 Å². The van der Waals surface area contributed by atoms with Crippen LogP contribution in [0.1, 0.15) is 44.1 Å². The molecule has 1 spiro atoms. The zero-order valence-electron chi connectivity index (χ0n) is 20.0. The predicted molar refractivity (Wildman–Crippen MR) is 127 cm³/mol. The summed E-state index contributed by atoms with van der Waals surface area (Å²) < 4.78 is 10.5. The number of amides is 3. The van der Waals surface area contributed by atoms with E-state index in [1.807, 2.05) is 29.2 Å². The summed E-state index contributed by atoms with van der Waals surface area (Å²) in [5.74, 6) is 1.42. The molecule has 2 saturated heterocycles. The molecule has 1 aliphatic carbocycles. The lowest BCUT2D eigenvalue weighted by Gasteiger charge is -2.43. The van der Waals surface area contributed by atoms with Gasteiger partial charge in [0.05, 0.1) is 13.7 Å². The lowest BCUT2D eigenvalue weighted by atomic mass is 9.84. The molecule has 1 aromatic carbocycles. The molecule has 2 fully saturated rings. The van der Waals surface area contributed by atoms with Crippen LogP contribution in [-0.2, 0) is 16.1 Å². The molecule has 0 aromatic heterocycles. The Morgan fingerprint density at radius 1 is 1.06 bits per heavy atom. The van der Waals surface area contributed by atoms with Crippen LogP contribution in [0.15, 0.2) is 36.4 Å². The normalized spacial score (nSPS) is 23.0. The van der Waals surface area contributed by atoms with Gasteiger partial charge in [-0.05, 0) is 62.1 Å². The van der Waals surface area contributed by atoms with Crippen LogP contribution >= 0.6 is 0 Å². The molecule has 1 atom stereocenters. The van der Waals surface area contributed by atoms with Crippen molar-refractivity contribution in [1.82, 2.24) is 14.7 Å². The highest BCUT2D eigenvalue weighted by molar-refractivity contribution is 6.07. The van der Waals surface area contributed by atoms with Crippen LogP contribution in [0.25, 0.3) is 0 Å². The molecule has 3 amide bonds. The maximum absolute atomic E-state index is 13.7. The first-order valence-electron chi connectivity index (χ1n) is 12.2. The zero-order valence-corrected chi connectivity index (χ0v) is 20.0. The predicted octanol–water partition coefficient (Wildman–Crippen LogP) is 3.69. The summed E-state index contributed by atoms with van der Waals surface area (Å²) >= 11 is 0. The Morgan fingerprint density at radius 2 is 1.82 bits per heavy atom. The highest BCUT2D eigenvalue weighted by Gasteiger charge is 2.57. The van der Waals surface area contributed by atoms with Crippen LogP contribution in [0.4, 0.5) is 4.79 Å². The van der Waals surface area contributed by atoms with E-state index in [1.165, 1.54) is 17.7 Å². The Morgan fingerprint density at radius 3 is 2.45 bits per heavy atom. The summed E-state index contributed by atoms with van der Waals surface area (Å²) in [7, 11) is 3.29. The van der Waals surface area contributed by atoms with Gasteiger partial charge in [-0.15, -0.1) is 0 Å². The lowest BCUT2D eigenvalue weighted by molar-refractivity contribution is -0.136. The number of piperidine rings is 1. The first-order chi connectivity index (χ1) is 16.1. The van der Waals surface area contributed by atoms with Crippen LogP contribution in [0, 0.1) is 5.92 Å². The van der Waals surface area contributed by atoms with E-state index in [1.54, 1.807) is 14.2 Å². The molecule has 0 saturated carbocycles. The molecule has 0 radical (unpaired) electrons. The van der Waals surface area contributed by atoms with Gasteiger partial charge in [0, 0.05) is 39.9 Å². The second kappa shape index (κ2) is 10.7. The van der Waals surface area contributed by atoms with Gasteiger partial charge >= 0.3 is 6.03 Å². The smallest absolute Gasteiger partial charge is 0.327 e. The Kier molecular flexibility index (Phi) is 7.71. The third-order valence-electron chi connectivity index (χ3n) is 7.43. The summed E-state index contributed by atoms with van der Waals surface area (Å²) in [4.78, 5) is 33.0. The summed E-state index contributed by atoms with van der Waals surface area (Å²) in [6, 6.07) is 7.40. The van der Waals surface area contributed by atoms with Gasteiger partial charge in [-0.1, -0.05) is 24.3 Å². The summed E-state index contributed by atoms with van der Waals surface area (Å²) in [6.07, 6.45) is 10.3. The number of allylic oxidation sites excluding steroid dienone is 2. The number of hydrogen-bond acceptors (Lipinski definition) is 5. The largest absolute Gasteiger partial charge is 0.497 e. The quantitative estimate of drug-likeness (QED) is 0.323. The molecule has 3 aliphatic rings. The van der Waals surface area contributed by atoms with Crippen molar-refractivity contribution in [3.8, 4) is 5.75 Å². The molecule has 180 valence electrons.